The van der Waals surface area contributed by atoms with Crippen LogP contribution in [0, 0.1) is 0 Å². The summed E-state index contributed by atoms with van der Waals surface area (Å²) < 4.78 is 10.3. The van der Waals surface area contributed by atoms with E-state index in [1.807, 2.05) is 4.90 Å². The molecular formula is C9H13NO3. The second-order valence-corrected chi connectivity index (χ2v) is 3.15. The maximum atomic E-state index is 11.5. The Hall–Kier alpha value is -1.03. The molecule has 0 aromatic carbocycles. The Kier molecular flexibility index (Phi) is 2.49. The molecule has 0 aromatic rings. The van der Waals surface area contributed by atoms with Crippen LogP contribution in [0.2, 0.25) is 0 Å². The van der Waals surface area contributed by atoms with Crippen molar-refractivity contribution in [3.05, 3.63) is 12.0 Å². The summed E-state index contributed by atoms with van der Waals surface area (Å²) in [6.45, 7) is 3.50. The van der Waals surface area contributed by atoms with Gasteiger partial charge in [0.15, 0.2) is 5.78 Å². The summed E-state index contributed by atoms with van der Waals surface area (Å²) in [5, 5.41) is 0. The lowest BCUT2D eigenvalue weighted by Gasteiger charge is -2.31. The number of rotatable bonds is 1. The number of ether oxygens (including phenoxy) is 2. The fourth-order valence-electron chi connectivity index (χ4n) is 1.54. The second kappa shape index (κ2) is 3.79. The van der Waals surface area contributed by atoms with Crippen LogP contribution in [0.3, 0.4) is 0 Å². The topological polar surface area (TPSA) is 38.8 Å². The molecule has 4 heteroatoms. The van der Waals surface area contributed by atoms with Gasteiger partial charge < -0.3 is 14.4 Å². The lowest BCUT2D eigenvalue weighted by atomic mass is 10.2. The summed E-state index contributed by atoms with van der Waals surface area (Å²) in [5.41, 5.74) is 0.717. The number of allylic oxidation sites excluding steroid dienone is 1. The molecule has 0 bridgehead atoms. The fourth-order valence-corrected chi connectivity index (χ4v) is 1.54. The molecule has 0 unspecified atom stereocenters. The molecule has 2 aliphatic rings. The quantitative estimate of drug-likeness (QED) is 0.580. The van der Waals surface area contributed by atoms with Crippen LogP contribution >= 0.6 is 0 Å². The van der Waals surface area contributed by atoms with Gasteiger partial charge in [-0.15, -0.1) is 0 Å². The molecular weight excluding hydrogens is 170 g/mol. The van der Waals surface area contributed by atoms with Crippen LogP contribution in [0.15, 0.2) is 12.0 Å². The Labute approximate surface area is 77.1 Å². The first-order chi connectivity index (χ1) is 6.38. The minimum atomic E-state index is 0.188. The van der Waals surface area contributed by atoms with E-state index in [0.29, 0.717) is 26.2 Å². The molecule has 0 radical (unpaired) electrons. The van der Waals surface area contributed by atoms with Gasteiger partial charge in [-0.25, -0.2) is 0 Å². The third kappa shape index (κ3) is 1.83. The zero-order valence-corrected chi connectivity index (χ0v) is 7.49. The van der Waals surface area contributed by atoms with Crippen LogP contribution in [-0.2, 0) is 14.3 Å². The molecule has 0 spiro atoms. The van der Waals surface area contributed by atoms with Crippen molar-refractivity contribution in [2.24, 2.45) is 0 Å². The third-order valence-electron chi connectivity index (χ3n) is 2.28. The summed E-state index contributed by atoms with van der Waals surface area (Å²) in [7, 11) is 0. The van der Waals surface area contributed by atoms with E-state index in [-0.39, 0.29) is 5.78 Å². The summed E-state index contributed by atoms with van der Waals surface area (Å²) in [6.07, 6.45) is 2.08. The van der Waals surface area contributed by atoms with Crippen molar-refractivity contribution in [1.29, 1.82) is 0 Å². The van der Waals surface area contributed by atoms with E-state index in [4.69, 9.17) is 9.47 Å². The molecule has 0 aromatic heterocycles. The molecule has 4 nitrogen and oxygen atoms in total. The standard InChI is InChI=1S/C9H13NO3/c11-9-1-4-13-7-8(9)10-2-5-12-6-3-10/h7H,1-6H2. The summed E-state index contributed by atoms with van der Waals surface area (Å²) in [4.78, 5) is 13.5. The first-order valence-corrected chi connectivity index (χ1v) is 4.55. The molecule has 13 heavy (non-hydrogen) atoms. The molecule has 0 saturated carbocycles. The van der Waals surface area contributed by atoms with E-state index < -0.39 is 0 Å². The zero-order valence-electron chi connectivity index (χ0n) is 7.49. The number of nitrogens with zero attached hydrogens (tertiary/aromatic N) is 1. The van der Waals surface area contributed by atoms with Gasteiger partial charge in [0.2, 0.25) is 0 Å². The highest BCUT2D eigenvalue weighted by molar-refractivity contribution is 5.95. The summed E-state index contributed by atoms with van der Waals surface area (Å²) in [5.74, 6) is 0.188. The summed E-state index contributed by atoms with van der Waals surface area (Å²) in [6, 6.07) is 0. The second-order valence-electron chi connectivity index (χ2n) is 3.15. The molecule has 0 N–H and O–H groups in total. The Bertz CT molecular complexity index is 231. The number of carbonyl (C=O) groups excluding carboxylic acids is 1. The van der Waals surface area contributed by atoms with E-state index >= 15 is 0 Å². The lowest BCUT2D eigenvalue weighted by molar-refractivity contribution is -0.119. The van der Waals surface area contributed by atoms with E-state index in [1.165, 1.54) is 0 Å². The van der Waals surface area contributed by atoms with Crippen molar-refractivity contribution in [2.45, 2.75) is 6.42 Å². The van der Waals surface area contributed by atoms with E-state index in [1.54, 1.807) is 6.26 Å². The predicted molar refractivity (Wildman–Crippen MR) is 46.1 cm³/mol. The molecule has 72 valence electrons. The smallest absolute Gasteiger partial charge is 0.185 e. The van der Waals surface area contributed by atoms with Crippen molar-refractivity contribution in [2.75, 3.05) is 32.9 Å². The number of ketones is 1. The minimum Gasteiger partial charge on any atom is -0.498 e. The van der Waals surface area contributed by atoms with Crippen molar-refractivity contribution < 1.29 is 14.3 Å². The van der Waals surface area contributed by atoms with Crippen LogP contribution in [0.4, 0.5) is 0 Å². The van der Waals surface area contributed by atoms with Crippen LogP contribution in [-0.4, -0.2) is 43.6 Å². The maximum absolute atomic E-state index is 11.5. The van der Waals surface area contributed by atoms with Gasteiger partial charge >= 0.3 is 0 Å². The highest BCUT2D eigenvalue weighted by Gasteiger charge is 2.22. The van der Waals surface area contributed by atoms with E-state index in [0.717, 1.165) is 18.8 Å². The normalized spacial score (nSPS) is 23.8. The molecule has 0 atom stereocenters. The fraction of sp³-hybridized carbons (Fsp3) is 0.667. The van der Waals surface area contributed by atoms with E-state index in [2.05, 4.69) is 0 Å². The van der Waals surface area contributed by atoms with Crippen LogP contribution in [0.5, 0.6) is 0 Å². The van der Waals surface area contributed by atoms with Gasteiger partial charge in [-0.2, -0.15) is 0 Å². The van der Waals surface area contributed by atoms with Gasteiger partial charge in [-0.1, -0.05) is 0 Å². The Morgan fingerprint density at radius 2 is 2.00 bits per heavy atom. The minimum absolute atomic E-state index is 0.188. The molecule has 2 heterocycles. The van der Waals surface area contributed by atoms with Gasteiger partial charge in [-0.3, -0.25) is 4.79 Å². The van der Waals surface area contributed by atoms with Gasteiger partial charge in [0.1, 0.15) is 12.0 Å². The van der Waals surface area contributed by atoms with Crippen LogP contribution < -0.4 is 0 Å². The molecule has 0 amide bonds. The first-order valence-electron chi connectivity index (χ1n) is 4.55. The Balaban J connectivity index is 2.04. The van der Waals surface area contributed by atoms with Crippen LogP contribution in [0.25, 0.3) is 0 Å². The van der Waals surface area contributed by atoms with Crippen molar-refractivity contribution in [3.8, 4) is 0 Å². The zero-order chi connectivity index (χ0) is 9.10. The molecule has 1 fully saturated rings. The number of morpholine rings is 1. The van der Waals surface area contributed by atoms with Crippen molar-refractivity contribution >= 4 is 5.78 Å². The number of hydrogen-bond donors (Lipinski definition) is 0. The van der Waals surface area contributed by atoms with Crippen molar-refractivity contribution in [1.82, 2.24) is 4.90 Å². The predicted octanol–water partition coefficient (Wildman–Crippen LogP) is 0.149. The average Bonchev–Trinajstić information content (AvgIpc) is 2.20. The van der Waals surface area contributed by atoms with Gasteiger partial charge in [0.05, 0.1) is 19.8 Å². The van der Waals surface area contributed by atoms with Gasteiger partial charge in [0.25, 0.3) is 0 Å². The van der Waals surface area contributed by atoms with Crippen molar-refractivity contribution in [3.63, 3.8) is 0 Å². The number of hydrogen-bond acceptors (Lipinski definition) is 4. The molecule has 0 aliphatic carbocycles. The first kappa shape index (κ1) is 8.56. The van der Waals surface area contributed by atoms with E-state index in [9.17, 15) is 4.79 Å². The SMILES string of the molecule is O=C1CCOC=C1N1CCOCC1. The average molecular weight is 183 g/mol. The van der Waals surface area contributed by atoms with Gasteiger partial charge in [-0.05, 0) is 0 Å². The molecule has 2 rings (SSSR count). The largest absolute Gasteiger partial charge is 0.498 e. The lowest BCUT2D eigenvalue weighted by Crippen LogP contribution is -2.39. The molecule has 1 saturated heterocycles. The summed E-state index contributed by atoms with van der Waals surface area (Å²) >= 11 is 0. The number of Topliss-reactive ketones (excluding diaryl/α,β-unsaturated/α-hetero) is 1. The molecule has 2 aliphatic heterocycles. The Morgan fingerprint density at radius 1 is 1.23 bits per heavy atom. The van der Waals surface area contributed by atoms with Crippen LogP contribution in [0.1, 0.15) is 6.42 Å². The third-order valence-corrected chi connectivity index (χ3v) is 2.28. The monoisotopic (exact) mass is 183 g/mol. The highest BCUT2D eigenvalue weighted by Crippen LogP contribution is 2.14. The number of carbonyl (C=O) groups is 1. The highest BCUT2D eigenvalue weighted by atomic mass is 16.5. The Morgan fingerprint density at radius 3 is 2.69 bits per heavy atom. The van der Waals surface area contributed by atoms with Gasteiger partial charge in [0, 0.05) is 19.5 Å². The maximum Gasteiger partial charge on any atom is 0.185 e.